The number of carboxylic acid groups (broad SMARTS) is 1. The first-order chi connectivity index (χ1) is 15.0. The maximum Gasteiger partial charge on any atom is 0.303 e. The molecule has 0 amide bonds. The van der Waals surface area contributed by atoms with Crippen LogP contribution in [0.3, 0.4) is 0 Å². The van der Waals surface area contributed by atoms with E-state index >= 15 is 0 Å². The Morgan fingerprint density at radius 3 is 2.94 bits per heavy atom. The van der Waals surface area contributed by atoms with Gasteiger partial charge in [0.1, 0.15) is 5.75 Å². The first-order valence-electron chi connectivity index (χ1n) is 11.1. The summed E-state index contributed by atoms with van der Waals surface area (Å²) in [4.78, 5) is 18.3. The van der Waals surface area contributed by atoms with E-state index in [4.69, 9.17) is 4.74 Å². The molecule has 0 aliphatic carbocycles. The number of ether oxygens (including phenoxy) is 1. The Morgan fingerprint density at radius 1 is 1.35 bits per heavy atom. The number of rotatable bonds is 11. The van der Waals surface area contributed by atoms with E-state index in [0.29, 0.717) is 12.3 Å². The summed E-state index contributed by atoms with van der Waals surface area (Å²) in [5.74, 6) is 1.62. The number of fused-ring (bicyclic) bond motifs is 1. The standard InChI is InChI=1S/C24H34N2O4S/c1-30-19-5-6-22-21(15-19)20(8-10-25-22)23(27)7-4-17-9-12-26(11-3-13-31-2)16-18(17)14-24(28)29/h5-6,8,10,15,17-18,23,27H,3-4,7,9,11-14,16H2,1-2H3,(H,28,29)/t17-,18+,23-/m1/s1. The smallest absolute Gasteiger partial charge is 0.303 e. The van der Waals surface area contributed by atoms with Crippen LogP contribution < -0.4 is 4.74 Å². The number of thioether (sulfide) groups is 1. The summed E-state index contributed by atoms with van der Waals surface area (Å²) in [6, 6.07) is 7.56. The van der Waals surface area contributed by atoms with E-state index in [9.17, 15) is 15.0 Å². The summed E-state index contributed by atoms with van der Waals surface area (Å²) in [5.41, 5.74) is 1.69. The van der Waals surface area contributed by atoms with Crippen molar-refractivity contribution in [3.8, 4) is 5.75 Å². The van der Waals surface area contributed by atoms with Gasteiger partial charge in [0.2, 0.25) is 0 Å². The summed E-state index contributed by atoms with van der Waals surface area (Å²) in [7, 11) is 1.63. The van der Waals surface area contributed by atoms with Crippen LogP contribution in [0.4, 0.5) is 0 Å². The average Bonchev–Trinajstić information content (AvgIpc) is 2.77. The van der Waals surface area contributed by atoms with Crippen LogP contribution >= 0.6 is 11.8 Å². The minimum Gasteiger partial charge on any atom is -0.497 e. The van der Waals surface area contributed by atoms with Crippen LogP contribution in [0.5, 0.6) is 5.75 Å². The normalized spacial score (nSPS) is 20.6. The molecule has 0 unspecified atom stereocenters. The summed E-state index contributed by atoms with van der Waals surface area (Å²) < 4.78 is 5.34. The molecule has 1 aromatic carbocycles. The van der Waals surface area contributed by atoms with Crippen molar-refractivity contribution < 1.29 is 19.7 Å². The lowest BCUT2D eigenvalue weighted by Gasteiger charge is -2.38. The van der Waals surface area contributed by atoms with E-state index in [2.05, 4.69) is 16.1 Å². The number of piperidine rings is 1. The Morgan fingerprint density at radius 2 is 2.19 bits per heavy atom. The van der Waals surface area contributed by atoms with Gasteiger partial charge in [-0.1, -0.05) is 0 Å². The summed E-state index contributed by atoms with van der Waals surface area (Å²) in [5, 5.41) is 21.3. The first-order valence-corrected chi connectivity index (χ1v) is 12.4. The molecule has 1 aliphatic rings. The number of carboxylic acids is 1. The Balaban J connectivity index is 1.65. The molecule has 1 aliphatic heterocycles. The molecule has 170 valence electrons. The number of aliphatic hydroxyl groups is 1. The van der Waals surface area contributed by atoms with Gasteiger partial charge in [-0.25, -0.2) is 0 Å². The largest absolute Gasteiger partial charge is 0.497 e. The number of likely N-dealkylation sites (tertiary alicyclic amines) is 1. The number of carbonyl (C=O) groups is 1. The van der Waals surface area contributed by atoms with Gasteiger partial charge in [0.25, 0.3) is 0 Å². The van der Waals surface area contributed by atoms with E-state index in [1.54, 1.807) is 13.3 Å². The van der Waals surface area contributed by atoms with Gasteiger partial charge >= 0.3 is 5.97 Å². The number of aliphatic carboxylic acids is 1. The van der Waals surface area contributed by atoms with Gasteiger partial charge in [-0.2, -0.15) is 11.8 Å². The van der Waals surface area contributed by atoms with Crippen LogP contribution in [0.15, 0.2) is 30.5 Å². The third-order valence-corrected chi connectivity index (χ3v) is 7.08. The van der Waals surface area contributed by atoms with Gasteiger partial charge in [0.15, 0.2) is 0 Å². The van der Waals surface area contributed by atoms with Gasteiger partial charge < -0.3 is 19.8 Å². The van der Waals surface area contributed by atoms with Crippen molar-refractivity contribution in [3.63, 3.8) is 0 Å². The molecule has 0 saturated carbocycles. The molecule has 3 atom stereocenters. The molecule has 0 radical (unpaired) electrons. The Hall–Kier alpha value is -1.83. The number of hydrogen-bond donors (Lipinski definition) is 2. The molecule has 0 spiro atoms. The summed E-state index contributed by atoms with van der Waals surface area (Å²) in [6.07, 6.45) is 7.02. The average molecular weight is 447 g/mol. The van der Waals surface area contributed by atoms with E-state index in [1.807, 2.05) is 36.0 Å². The van der Waals surface area contributed by atoms with Crippen molar-refractivity contribution in [1.82, 2.24) is 9.88 Å². The van der Waals surface area contributed by atoms with E-state index < -0.39 is 12.1 Å². The molecule has 6 nitrogen and oxygen atoms in total. The van der Waals surface area contributed by atoms with E-state index in [1.165, 1.54) is 0 Å². The van der Waals surface area contributed by atoms with Crippen molar-refractivity contribution >= 4 is 28.6 Å². The molecular weight excluding hydrogens is 412 g/mol. The zero-order valence-electron chi connectivity index (χ0n) is 18.5. The highest BCUT2D eigenvalue weighted by atomic mass is 32.2. The van der Waals surface area contributed by atoms with Gasteiger partial charge in [0, 0.05) is 24.5 Å². The number of aliphatic hydroxyl groups excluding tert-OH is 1. The molecular formula is C24H34N2O4S. The third-order valence-electron chi connectivity index (χ3n) is 6.39. The molecule has 3 rings (SSSR count). The zero-order chi connectivity index (χ0) is 22.2. The Labute approximate surface area is 189 Å². The van der Waals surface area contributed by atoms with Gasteiger partial charge in [-0.15, -0.1) is 0 Å². The molecule has 1 aromatic heterocycles. The first kappa shape index (κ1) is 23.8. The predicted molar refractivity (Wildman–Crippen MR) is 126 cm³/mol. The topological polar surface area (TPSA) is 82.9 Å². The zero-order valence-corrected chi connectivity index (χ0v) is 19.3. The Bertz CT molecular complexity index is 863. The molecule has 0 bridgehead atoms. The summed E-state index contributed by atoms with van der Waals surface area (Å²) >= 11 is 1.85. The molecule has 31 heavy (non-hydrogen) atoms. The van der Waals surface area contributed by atoms with Crippen LogP contribution in [0.1, 0.15) is 43.8 Å². The second-order valence-electron chi connectivity index (χ2n) is 8.43. The minimum atomic E-state index is -0.728. The van der Waals surface area contributed by atoms with Gasteiger partial charge in [0.05, 0.1) is 18.7 Å². The molecule has 7 heteroatoms. The van der Waals surface area contributed by atoms with Crippen LogP contribution in [0.2, 0.25) is 0 Å². The quantitative estimate of drug-likeness (QED) is 0.500. The van der Waals surface area contributed by atoms with Crippen LogP contribution in [-0.4, -0.2) is 64.8 Å². The van der Waals surface area contributed by atoms with E-state index in [-0.39, 0.29) is 12.3 Å². The van der Waals surface area contributed by atoms with Gasteiger partial charge in [-0.05, 0) is 92.4 Å². The highest BCUT2D eigenvalue weighted by Gasteiger charge is 2.31. The number of hydrogen-bond acceptors (Lipinski definition) is 6. The number of methoxy groups -OCH3 is 1. The van der Waals surface area contributed by atoms with E-state index in [0.717, 1.165) is 66.9 Å². The lowest BCUT2D eigenvalue weighted by molar-refractivity contribution is -0.139. The van der Waals surface area contributed by atoms with Crippen molar-refractivity contribution in [1.29, 1.82) is 0 Å². The highest BCUT2D eigenvalue weighted by molar-refractivity contribution is 7.98. The molecule has 1 saturated heterocycles. The fourth-order valence-corrected chi connectivity index (χ4v) is 5.14. The van der Waals surface area contributed by atoms with Crippen LogP contribution in [0, 0.1) is 11.8 Å². The molecule has 1 fully saturated rings. The van der Waals surface area contributed by atoms with Crippen molar-refractivity contribution in [2.75, 3.05) is 38.8 Å². The predicted octanol–water partition coefficient (Wildman–Crippen LogP) is 4.22. The number of nitrogens with zero attached hydrogens (tertiary/aromatic N) is 2. The lowest BCUT2D eigenvalue weighted by atomic mass is 9.79. The highest BCUT2D eigenvalue weighted by Crippen LogP contribution is 2.34. The van der Waals surface area contributed by atoms with Crippen molar-refractivity contribution in [2.24, 2.45) is 11.8 Å². The minimum absolute atomic E-state index is 0.141. The number of pyridine rings is 1. The number of aromatic nitrogens is 1. The maximum atomic E-state index is 11.5. The Kier molecular flexibility index (Phi) is 8.99. The fraction of sp³-hybridized carbons (Fsp3) is 0.583. The molecule has 2 aromatic rings. The fourth-order valence-electron chi connectivity index (χ4n) is 4.72. The third kappa shape index (κ3) is 6.57. The monoisotopic (exact) mass is 446 g/mol. The maximum absolute atomic E-state index is 11.5. The molecule has 2 N–H and O–H groups in total. The van der Waals surface area contributed by atoms with Crippen molar-refractivity contribution in [2.45, 2.75) is 38.2 Å². The van der Waals surface area contributed by atoms with Crippen LogP contribution in [-0.2, 0) is 4.79 Å². The van der Waals surface area contributed by atoms with Crippen LogP contribution in [0.25, 0.3) is 10.9 Å². The second-order valence-corrected chi connectivity index (χ2v) is 9.42. The lowest BCUT2D eigenvalue weighted by Crippen LogP contribution is -2.42. The SMILES string of the molecule is COc1ccc2nccc([C@H](O)CC[C@@H]3CCN(CCCSC)C[C@@H]3CC(=O)O)c2c1. The number of benzene rings is 1. The summed E-state index contributed by atoms with van der Waals surface area (Å²) in [6.45, 7) is 2.90. The van der Waals surface area contributed by atoms with Gasteiger partial charge in [-0.3, -0.25) is 9.78 Å². The second kappa shape index (κ2) is 11.7. The molecule has 2 heterocycles. The van der Waals surface area contributed by atoms with Crippen molar-refractivity contribution in [3.05, 3.63) is 36.0 Å².